The summed E-state index contributed by atoms with van der Waals surface area (Å²) < 4.78 is 28.3. The normalized spacial score (nSPS) is 11.0. The first kappa shape index (κ1) is 17.2. The number of hydrogen-bond acceptors (Lipinski definition) is 4. The van der Waals surface area contributed by atoms with Crippen LogP contribution >= 0.6 is 0 Å². The molecule has 0 aliphatic heterocycles. The van der Waals surface area contributed by atoms with Gasteiger partial charge in [-0.15, -0.1) is 0 Å². The standard InChI is InChI=1S/C18H18F2N4O/c19-15-6-5-14(11-16(15)20)18-22-17(24(23-18)9-2-10-25)7-4-13-3-1-8-21-12-13/h1,3,5-6,8,11-12,25H,2,4,7,9-10H2. The molecule has 2 heterocycles. The van der Waals surface area contributed by atoms with E-state index in [-0.39, 0.29) is 6.61 Å². The fraction of sp³-hybridized carbons (Fsp3) is 0.278. The number of hydrogen-bond donors (Lipinski definition) is 1. The lowest BCUT2D eigenvalue weighted by atomic mass is 10.1. The molecule has 0 bridgehead atoms. The molecule has 130 valence electrons. The van der Waals surface area contributed by atoms with Crippen LogP contribution in [0.5, 0.6) is 0 Å². The second-order valence-electron chi connectivity index (χ2n) is 5.64. The van der Waals surface area contributed by atoms with Gasteiger partial charge in [0.05, 0.1) is 0 Å². The van der Waals surface area contributed by atoms with Gasteiger partial charge in [0.2, 0.25) is 0 Å². The highest BCUT2D eigenvalue weighted by Gasteiger charge is 2.13. The third-order valence-electron chi connectivity index (χ3n) is 3.81. The van der Waals surface area contributed by atoms with Gasteiger partial charge < -0.3 is 5.11 Å². The molecule has 3 rings (SSSR count). The van der Waals surface area contributed by atoms with E-state index in [0.29, 0.717) is 30.8 Å². The number of benzene rings is 1. The minimum absolute atomic E-state index is 0.0441. The summed E-state index contributed by atoms with van der Waals surface area (Å²) in [4.78, 5) is 8.57. The summed E-state index contributed by atoms with van der Waals surface area (Å²) in [7, 11) is 0. The van der Waals surface area contributed by atoms with Crippen molar-refractivity contribution in [3.63, 3.8) is 0 Å². The molecule has 0 radical (unpaired) electrons. The molecule has 0 unspecified atom stereocenters. The molecular formula is C18H18F2N4O. The van der Waals surface area contributed by atoms with Crippen LogP contribution in [0.3, 0.4) is 0 Å². The molecule has 0 atom stereocenters. The van der Waals surface area contributed by atoms with Crippen molar-refractivity contribution < 1.29 is 13.9 Å². The molecule has 0 amide bonds. The van der Waals surface area contributed by atoms with Crippen LogP contribution in [0.15, 0.2) is 42.7 Å². The second kappa shape index (κ2) is 7.94. The summed E-state index contributed by atoms with van der Waals surface area (Å²) in [5.74, 6) is -0.753. The van der Waals surface area contributed by atoms with Crippen molar-refractivity contribution in [1.29, 1.82) is 0 Å². The van der Waals surface area contributed by atoms with Crippen molar-refractivity contribution in [2.75, 3.05) is 6.61 Å². The van der Waals surface area contributed by atoms with E-state index < -0.39 is 11.6 Å². The number of halogens is 2. The van der Waals surface area contributed by atoms with Crippen LogP contribution in [0.2, 0.25) is 0 Å². The average molecular weight is 344 g/mol. The Bertz CT molecular complexity index is 836. The maximum atomic E-state index is 13.5. The fourth-order valence-corrected chi connectivity index (χ4v) is 2.52. The Morgan fingerprint density at radius 1 is 1.08 bits per heavy atom. The zero-order valence-electron chi connectivity index (χ0n) is 13.6. The Hall–Kier alpha value is -2.67. The predicted octanol–water partition coefficient (Wildman–Crippen LogP) is 2.79. The zero-order valence-corrected chi connectivity index (χ0v) is 13.6. The van der Waals surface area contributed by atoms with Crippen LogP contribution < -0.4 is 0 Å². The van der Waals surface area contributed by atoms with E-state index in [4.69, 9.17) is 5.11 Å². The van der Waals surface area contributed by atoms with Gasteiger partial charge in [0.1, 0.15) is 5.82 Å². The van der Waals surface area contributed by atoms with Crippen molar-refractivity contribution in [3.05, 3.63) is 65.7 Å². The Labute approximate surface area is 144 Å². The maximum Gasteiger partial charge on any atom is 0.181 e. The van der Waals surface area contributed by atoms with Gasteiger partial charge in [0.15, 0.2) is 17.5 Å². The third-order valence-corrected chi connectivity index (χ3v) is 3.81. The highest BCUT2D eigenvalue weighted by molar-refractivity contribution is 5.54. The van der Waals surface area contributed by atoms with Crippen LogP contribution in [0, 0.1) is 11.6 Å². The topological polar surface area (TPSA) is 63.8 Å². The minimum Gasteiger partial charge on any atom is -0.396 e. The largest absolute Gasteiger partial charge is 0.396 e. The summed E-state index contributed by atoms with van der Waals surface area (Å²) in [5.41, 5.74) is 1.50. The van der Waals surface area contributed by atoms with Crippen LogP contribution in [-0.2, 0) is 19.4 Å². The van der Waals surface area contributed by atoms with E-state index in [1.54, 1.807) is 17.1 Å². The SMILES string of the molecule is OCCCn1nc(-c2ccc(F)c(F)c2)nc1CCc1cccnc1. The van der Waals surface area contributed by atoms with Gasteiger partial charge in [-0.2, -0.15) is 5.10 Å². The van der Waals surface area contributed by atoms with Crippen LogP contribution in [0.1, 0.15) is 17.8 Å². The van der Waals surface area contributed by atoms with Gasteiger partial charge in [-0.3, -0.25) is 4.98 Å². The highest BCUT2D eigenvalue weighted by Crippen LogP contribution is 2.19. The monoisotopic (exact) mass is 344 g/mol. The lowest BCUT2D eigenvalue weighted by Gasteiger charge is -2.04. The fourth-order valence-electron chi connectivity index (χ4n) is 2.52. The number of nitrogens with zero attached hydrogens (tertiary/aromatic N) is 4. The molecule has 5 nitrogen and oxygen atoms in total. The summed E-state index contributed by atoms with van der Waals surface area (Å²) in [5, 5.41) is 13.4. The van der Waals surface area contributed by atoms with Gasteiger partial charge >= 0.3 is 0 Å². The van der Waals surface area contributed by atoms with E-state index >= 15 is 0 Å². The Balaban J connectivity index is 1.84. The van der Waals surface area contributed by atoms with Crippen LogP contribution in [0.4, 0.5) is 8.78 Å². The van der Waals surface area contributed by atoms with Gasteiger partial charge in [-0.25, -0.2) is 18.4 Å². The van der Waals surface area contributed by atoms with E-state index in [1.165, 1.54) is 6.07 Å². The number of aliphatic hydroxyl groups is 1. The predicted molar refractivity (Wildman–Crippen MR) is 88.7 cm³/mol. The Morgan fingerprint density at radius 3 is 2.68 bits per heavy atom. The molecule has 25 heavy (non-hydrogen) atoms. The van der Waals surface area contributed by atoms with Gasteiger partial charge in [0, 0.05) is 37.5 Å². The third kappa shape index (κ3) is 4.24. The maximum absolute atomic E-state index is 13.5. The lowest BCUT2D eigenvalue weighted by Crippen LogP contribution is -2.08. The van der Waals surface area contributed by atoms with Crippen molar-refractivity contribution in [2.24, 2.45) is 0 Å². The summed E-state index contributed by atoms with van der Waals surface area (Å²) in [6.07, 6.45) is 5.43. The Kier molecular flexibility index (Phi) is 5.45. The second-order valence-corrected chi connectivity index (χ2v) is 5.64. The number of aromatic nitrogens is 4. The Morgan fingerprint density at radius 2 is 1.96 bits per heavy atom. The van der Waals surface area contributed by atoms with Crippen molar-refractivity contribution in [1.82, 2.24) is 19.7 Å². The molecule has 2 aromatic heterocycles. The molecular weight excluding hydrogens is 326 g/mol. The minimum atomic E-state index is -0.930. The smallest absolute Gasteiger partial charge is 0.181 e. The van der Waals surface area contributed by atoms with E-state index in [2.05, 4.69) is 15.1 Å². The summed E-state index contributed by atoms with van der Waals surface area (Å²) >= 11 is 0. The molecule has 0 saturated carbocycles. The highest BCUT2D eigenvalue weighted by atomic mass is 19.2. The van der Waals surface area contributed by atoms with E-state index in [1.807, 2.05) is 12.1 Å². The summed E-state index contributed by atoms with van der Waals surface area (Å²) in [6.45, 7) is 0.554. The summed E-state index contributed by atoms with van der Waals surface area (Å²) in [6, 6.07) is 7.46. The molecule has 0 spiro atoms. The van der Waals surface area contributed by atoms with Gasteiger partial charge in [0.25, 0.3) is 0 Å². The van der Waals surface area contributed by atoms with Crippen molar-refractivity contribution in [3.8, 4) is 11.4 Å². The molecule has 1 N–H and O–H groups in total. The number of aliphatic hydroxyl groups excluding tert-OH is 1. The van der Waals surface area contributed by atoms with Gasteiger partial charge in [-0.1, -0.05) is 6.07 Å². The van der Waals surface area contributed by atoms with E-state index in [9.17, 15) is 8.78 Å². The molecule has 0 aliphatic carbocycles. The van der Waals surface area contributed by atoms with Gasteiger partial charge in [-0.05, 0) is 42.7 Å². The first-order valence-corrected chi connectivity index (χ1v) is 8.06. The van der Waals surface area contributed by atoms with Crippen molar-refractivity contribution in [2.45, 2.75) is 25.8 Å². The zero-order chi connectivity index (χ0) is 17.6. The first-order chi connectivity index (χ1) is 12.2. The quantitative estimate of drug-likeness (QED) is 0.716. The molecule has 0 aliphatic rings. The molecule has 0 fully saturated rings. The van der Waals surface area contributed by atoms with Crippen LogP contribution in [-0.4, -0.2) is 31.5 Å². The van der Waals surface area contributed by atoms with Crippen LogP contribution in [0.25, 0.3) is 11.4 Å². The lowest BCUT2D eigenvalue weighted by molar-refractivity contribution is 0.276. The molecule has 0 saturated heterocycles. The molecule has 3 aromatic rings. The number of aryl methyl sites for hydroxylation is 3. The average Bonchev–Trinajstić information content (AvgIpc) is 3.04. The number of pyridine rings is 1. The number of rotatable bonds is 7. The van der Waals surface area contributed by atoms with E-state index in [0.717, 1.165) is 29.9 Å². The van der Waals surface area contributed by atoms with Crippen molar-refractivity contribution >= 4 is 0 Å². The molecule has 7 heteroatoms. The first-order valence-electron chi connectivity index (χ1n) is 8.06. The molecule has 1 aromatic carbocycles.